The van der Waals surface area contributed by atoms with Crippen molar-refractivity contribution in [2.75, 3.05) is 13.1 Å². The average Bonchev–Trinajstić information content (AvgIpc) is 2.44. The Morgan fingerprint density at radius 2 is 1.15 bits per heavy atom. The largest absolute Gasteiger partial charge is 0.329 e. The third-order valence-corrected chi connectivity index (χ3v) is 3.50. The molecule has 2 N–H and O–H groups in total. The van der Waals surface area contributed by atoms with E-state index in [1.165, 1.54) is 22.3 Å². The molecule has 0 spiro atoms. The number of hydrogen-bond donors (Lipinski definition) is 1. The van der Waals surface area contributed by atoms with Crippen LogP contribution in [0.15, 0.2) is 48.5 Å². The Kier molecular flexibility index (Phi) is 5.33. The van der Waals surface area contributed by atoms with E-state index < -0.39 is 0 Å². The van der Waals surface area contributed by atoms with Crippen LogP contribution in [0.3, 0.4) is 0 Å². The Morgan fingerprint density at radius 1 is 0.750 bits per heavy atom. The number of hydrogen-bond acceptors (Lipinski definition) is 2. The van der Waals surface area contributed by atoms with E-state index in [1.54, 1.807) is 0 Å². The van der Waals surface area contributed by atoms with Crippen molar-refractivity contribution in [3.63, 3.8) is 0 Å². The molecular weight excluding hydrogens is 244 g/mol. The van der Waals surface area contributed by atoms with Gasteiger partial charge in [0.25, 0.3) is 0 Å². The quantitative estimate of drug-likeness (QED) is 0.871. The van der Waals surface area contributed by atoms with Gasteiger partial charge in [-0.25, -0.2) is 0 Å². The van der Waals surface area contributed by atoms with Crippen LogP contribution in [0.5, 0.6) is 0 Å². The van der Waals surface area contributed by atoms with Crippen molar-refractivity contribution in [2.24, 2.45) is 5.73 Å². The fourth-order valence-electron chi connectivity index (χ4n) is 2.30. The van der Waals surface area contributed by atoms with Crippen LogP contribution in [0.1, 0.15) is 22.3 Å². The first-order valence-electron chi connectivity index (χ1n) is 7.21. The highest BCUT2D eigenvalue weighted by atomic mass is 15.1. The van der Waals surface area contributed by atoms with Crippen molar-refractivity contribution < 1.29 is 0 Å². The summed E-state index contributed by atoms with van der Waals surface area (Å²) >= 11 is 0. The SMILES string of the molecule is Cc1ccc(CN(CCN)Cc2ccc(C)cc2)cc1. The normalized spacial score (nSPS) is 11.0. The lowest BCUT2D eigenvalue weighted by Gasteiger charge is -2.22. The standard InChI is InChI=1S/C18H24N2/c1-15-3-7-17(8-4-15)13-20(12-11-19)14-18-9-5-16(2)6-10-18/h3-10H,11-14,19H2,1-2H3. The van der Waals surface area contributed by atoms with E-state index in [9.17, 15) is 0 Å². The molecule has 0 saturated carbocycles. The molecule has 0 aliphatic carbocycles. The van der Waals surface area contributed by atoms with Gasteiger partial charge in [-0.2, -0.15) is 0 Å². The van der Waals surface area contributed by atoms with E-state index in [1.807, 2.05) is 0 Å². The van der Waals surface area contributed by atoms with Crippen LogP contribution >= 0.6 is 0 Å². The maximum Gasteiger partial charge on any atom is 0.0237 e. The van der Waals surface area contributed by atoms with Gasteiger partial charge >= 0.3 is 0 Å². The number of aryl methyl sites for hydroxylation is 2. The predicted octanol–water partition coefficient (Wildman–Crippen LogP) is 3.26. The van der Waals surface area contributed by atoms with Gasteiger partial charge in [0.1, 0.15) is 0 Å². The van der Waals surface area contributed by atoms with Crippen molar-refractivity contribution in [2.45, 2.75) is 26.9 Å². The summed E-state index contributed by atoms with van der Waals surface area (Å²) in [6, 6.07) is 17.5. The molecule has 0 saturated heterocycles. The van der Waals surface area contributed by atoms with Gasteiger partial charge in [-0.1, -0.05) is 59.7 Å². The molecule has 0 radical (unpaired) electrons. The summed E-state index contributed by atoms with van der Waals surface area (Å²) in [4.78, 5) is 2.40. The maximum atomic E-state index is 5.74. The molecule has 0 aliphatic rings. The molecule has 2 aromatic rings. The molecule has 2 heteroatoms. The van der Waals surface area contributed by atoms with Crippen LogP contribution in [0, 0.1) is 13.8 Å². The molecule has 0 bridgehead atoms. The van der Waals surface area contributed by atoms with Crippen LogP contribution in [-0.2, 0) is 13.1 Å². The zero-order valence-corrected chi connectivity index (χ0v) is 12.5. The van der Waals surface area contributed by atoms with E-state index in [0.717, 1.165) is 19.6 Å². The summed E-state index contributed by atoms with van der Waals surface area (Å²) in [5.74, 6) is 0. The Balaban J connectivity index is 2.02. The number of rotatable bonds is 6. The topological polar surface area (TPSA) is 29.3 Å². The molecule has 2 aromatic carbocycles. The fourth-order valence-corrected chi connectivity index (χ4v) is 2.30. The summed E-state index contributed by atoms with van der Waals surface area (Å²) in [6.07, 6.45) is 0. The van der Waals surface area contributed by atoms with Crippen molar-refractivity contribution in [1.82, 2.24) is 4.90 Å². The van der Waals surface area contributed by atoms with E-state index in [-0.39, 0.29) is 0 Å². The second kappa shape index (κ2) is 7.22. The van der Waals surface area contributed by atoms with Gasteiger partial charge in [0.2, 0.25) is 0 Å². The molecule has 0 aromatic heterocycles. The van der Waals surface area contributed by atoms with Crippen LogP contribution in [0.25, 0.3) is 0 Å². The Bertz CT molecular complexity index is 467. The first-order chi connectivity index (χ1) is 9.67. The lowest BCUT2D eigenvalue weighted by molar-refractivity contribution is 0.264. The van der Waals surface area contributed by atoms with E-state index in [0.29, 0.717) is 6.54 Å². The maximum absolute atomic E-state index is 5.74. The minimum absolute atomic E-state index is 0.692. The molecular formula is C18H24N2. The van der Waals surface area contributed by atoms with Crippen molar-refractivity contribution in [3.05, 3.63) is 70.8 Å². The number of nitrogens with two attached hydrogens (primary N) is 1. The van der Waals surface area contributed by atoms with Gasteiger partial charge in [0.15, 0.2) is 0 Å². The Hall–Kier alpha value is -1.64. The summed E-state index contributed by atoms with van der Waals surface area (Å²) in [7, 11) is 0. The first kappa shape index (κ1) is 14.8. The number of nitrogens with zero attached hydrogens (tertiary/aromatic N) is 1. The van der Waals surface area contributed by atoms with Crippen LogP contribution in [0.2, 0.25) is 0 Å². The Labute approximate surface area is 122 Å². The van der Waals surface area contributed by atoms with Crippen LogP contribution < -0.4 is 5.73 Å². The third kappa shape index (κ3) is 4.48. The van der Waals surface area contributed by atoms with Crippen molar-refractivity contribution in [3.8, 4) is 0 Å². The molecule has 0 atom stereocenters. The van der Waals surface area contributed by atoms with Gasteiger partial charge in [0.05, 0.1) is 0 Å². The van der Waals surface area contributed by atoms with E-state index in [2.05, 4.69) is 67.3 Å². The van der Waals surface area contributed by atoms with Gasteiger partial charge in [-0.3, -0.25) is 4.90 Å². The van der Waals surface area contributed by atoms with Gasteiger partial charge < -0.3 is 5.73 Å². The predicted molar refractivity (Wildman–Crippen MR) is 85.5 cm³/mol. The third-order valence-electron chi connectivity index (χ3n) is 3.50. The summed E-state index contributed by atoms with van der Waals surface area (Å²) in [5, 5.41) is 0. The lowest BCUT2D eigenvalue weighted by atomic mass is 10.1. The van der Waals surface area contributed by atoms with Crippen molar-refractivity contribution in [1.29, 1.82) is 0 Å². The monoisotopic (exact) mass is 268 g/mol. The molecule has 106 valence electrons. The van der Waals surface area contributed by atoms with Gasteiger partial charge in [0, 0.05) is 26.2 Å². The molecule has 0 aliphatic heterocycles. The highest BCUT2D eigenvalue weighted by Gasteiger charge is 2.06. The summed E-state index contributed by atoms with van der Waals surface area (Å²) in [6.45, 7) is 7.75. The second-order valence-corrected chi connectivity index (χ2v) is 5.47. The average molecular weight is 268 g/mol. The van der Waals surface area contributed by atoms with E-state index >= 15 is 0 Å². The zero-order valence-electron chi connectivity index (χ0n) is 12.5. The molecule has 0 unspecified atom stereocenters. The molecule has 0 heterocycles. The smallest absolute Gasteiger partial charge is 0.0237 e. The van der Waals surface area contributed by atoms with Gasteiger partial charge in [-0.05, 0) is 25.0 Å². The highest BCUT2D eigenvalue weighted by molar-refractivity contribution is 5.23. The molecule has 2 rings (SSSR count). The summed E-state index contributed by atoms with van der Waals surface area (Å²) < 4.78 is 0. The molecule has 2 nitrogen and oxygen atoms in total. The molecule has 0 amide bonds. The lowest BCUT2D eigenvalue weighted by Crippen LogP contribution is -2.28. The second-order valence-electron chi connectivity index (χ2n) is 5.47. The van der Waals surface area contributed by atoms with Crippen LogP contribution in [-0.4, -0.2) is 18.0 Å². The molecule has 0 fully saturated rings. The number of benzene rings is 2. The van der Waals surface area contributed by atoms with Crippen molar-refractivity contribution >= 4 is 0 Å². The van der Waals surface area contributed by atoms with Gasteiger partial charge in [-0.15, -0.1) is 0 Å². The zero-order chi connectivity index (χ0) is 14.4. The van der Waals surface area contributed by atoms with Crippen LogP contribution in [0.4, 0.5) is 0 Å². The minimum atomic E-state index is 0.692. The van der Waals surface area contributed by atoms with E-state index in [4.69, 9.17) is 5.73 Å². The fraction of sp³-hybridized carbons (Fsp3) is 0.333. The minimum Gasteiger partial charge on any atom is -0.329 e. The Morgan fingerprint density at radius 3 is 1.50 bits per heavy atom. The summed E-state index contributed by atoms with van der Waals surface area (Å²) in [5.41, 5.74) is 11.0. The highest BCUT2D eigenvalue weighted by Crippen LogP contribution is 2.11. The first-order valence-corrected chi connectivity index (χ1v) is 7.21. The molecule has 20 heavy (non-hydrogen) atoms.